The van der Waals surface area contributed by atoms with Crippen molar-refractivity contribution < 1.29 is 13.2 Å². The largest absolute Gasteiger partial charge is 0.338 e. The van der Waals surface area contributed by atoms with Crippen molar-refractivity contribution in [3.63, 3.8) is 0 Å². The van der Waals surface area contributed by atoms with E-state index in [1.165, 1.54) is 0 Å². The number of amides is 1. The van der Waals surface area contributed by atoms with Crippen molar-refractivity contribution in [2.75, 3.05) is 25.9 Å². The summed E-state index contributed by atoms with van der Waals surface area (Å²) in [7, 11) is -3.18. The molecule has 1 heterocycles. The second-order valence-corrected chi connectivity index (χ2v) is 8.05. The molecule has 1 amide bonds. The lowest BCUT2D eigenvalue weighted by Gasteiger charge is -2.33. The van der Waals surface area contributed by atoms with Gasteiger partial charge < -0.3 is 4.90 Å². The molecule has 0 bridgehead atoms. The fraction of sp³-hybridized carbons (Fsp3) is 0.500. The van der Waals surface area contributed by atoms with Crippen LogP contribution >= 0.6 is 15.9 Å². The minimum absolute atomic E-state index is 0.00784. The first kappa shape index (κ1) is 16.5. The Hall–Kier alpha value is -0.920. The second kappa shape index (κ2) is 6.89. The van der Waals surface area contributed by atoms with E-state index in [0.717, 1.165) is 30.1 Å². The number of halogens is 1. The predicted octanol–water partition coefficient (Wildman–Crippen LogP) is 1.85. The van der Waals surface area contributed by atoms with Crippen molar-refractivity contribution >= 4 is 31.9 Å². The second-order valence-electron chi connectivity index (χ2n) is 5.36. The van der Waals surface area contributed by atoms with Crippen LogP contribution in [0.15, 0.2) is 28.7 Å². The molecule has 0 spiro atoms. The van der Waals surface area contributed by atoms with Gasteiger partial charge in [0.25, 0.3) is 5.91 Å². The molecule has 2 rings (SSSR count). The number of hydrogen-bond donors (Lipinski definition) is 1. The lowest BCUT2D eigenvalue weighted by molar-refractivity contribution is 0.0675. The van der Waals surface area contributed by atoms with Crippen LogP contribution in [-0.2, 0) is 10.0 Å². The molecular weight excluding hydrogens is 356 g/mol. The van der Waals surface area contributed by atoms with Crippen LogP contribution in [-0.4, -0.2) is 45.1 Å². The zero-order chi connectivity index (χ0) is 15.5. The van der Waals surface area contributed by atoms with E-state index in [2.05, 4.69) is 20.7 Å². The maximum atomic E-state index is 12.5. The number of benzene rings is 1. The van der Waals surface area contributed by atoms with E-state index in [4.69, 9.17) is 0 Å². The van der Waals surface area contributed by atoms with Crippen LogP contribution < -0.4 is 4.72 Å². The molecule has 116 valence electrons. The number of piperidine rings is 1. The van der Waals surface area contributed by atoms with Gasteiger partial charge in [-0.05, 0) is 46.8 Å². The summed E-state index contributed by atoms with van der Waals surface area (Å²) < 4.78 is 25.6. The molecule has 1 fully saturated rings. The number of sulfonamides is 1. The molecule has 1 aromatic carbocycles. The SMILES string of the molecule is CS(=O)(=O)NC[C@@H]1CCCN(C(=O)c2ccccc2Br)C1. The van der Waals surface area contributed by atoms with Crippen molar-refractivity contribution in [3.8, 4) is 0 Å². The van der Waals surface area contributed by atoms with Crippen LogP contribution in [0.2, 0.25) is 0 Å². The van der Waals surface area contributed by atoms with Gasteiger partial charge in [-0.2, -0.15) is 0 Å². The minimum atomic E-state index is -3.18. The van der Waals surface area contributed by atoms with Gasteiger partial charge in [-0.3, -0.25) is 4.79 Å². The first-order valence-electron chi connectivity index (χ1n) is 6.85. The van der Waals surface area contributed by atoms with Gasteiger partial charge in [-0.1, -0.05) is 12.1 Å². The lowest BCUT2D eigenvalue weighted by Crippen LogP contribution is -2.43. The summed E-state index contributed by atoms with van der Waals surface area (Å²) in [6.45, 7) is 1.69. The predicted molar refractivity (Wildman–Crippen MR) is 85.6 cm³/mol. The summed E-state index contributed by atoms with van der Waals surface area (Å²) in [6.07, 6.45) is 2.98. The Balaban J connectivity index is 2.01. The van der Waals surface area contributed by atoms with Crippen molar-refractivity contribution in [2.45, 2.75) is 12.8 Å². The van der Waals surface area contributed by atoms with Gasteiger partial charge in [0, 0.05) is 24.1 Å². The summed E-state index contributed by atoms with van der Waals surface area (Å²) in [5.41, 5.74) is 0.647. The normalized spacial score (nSPS) is 19.5. The number of nitrogens with zero attached hydrogens (tertiary/aromatic N) is 1. The smallest absolute Gasteiger partial charge is 0.255 e. The molecule has 21 heavy (non-hydrogen) atoms. The molecule has 0 saturated carbocycles. The minimum Gasteiger partial charge on any atom is -0.338 e. The van der Waals surface area contributed by atoms with E-state index >= 15 is 0 Å². The first-order valence-corrected chi connectivity index (χ1v) is 9.53. The van der Waals surface area contributed by atoms with Gasteiger partial charge in [0.05, 0.1) is 11.8 Å². The van der Waals surface area contributed by atoms with Gasteiger partial charge >= 0.3 is 0 Å². The van der Waals surface area contributed by atoms with E-state index in [-0.39, 0.29) is 11.8 Å². The maximum absolute atomic E-state index is 12.5. The van der Waals surface area contributed by atoms with Crippen LogP contribution in [0.4, 0.5) is 0 Å². The molecular formula is C14H19BrN2O3S. The average Bonchev–Trinajstić information content (AvgIpc) is 2.44. The lowest BCUT2D eigenvalue weighted by atomic mass is 9.97. The van der Waals surface area contributed by atoms with Gasteiger partial charge in [-0.15, -0.1) is 0 Å². The maximum Gasteiger partial charge on any atom is 0.255 e. The zero-order valence-corrected chi connectivity index (χ0v) is 14.3. The Labute approximate surface area is 133 Å². The van der Waals surface area contributed by atoms with Crippen molar-refractivity contribution in [2.24, 2.45) is 5.92 Å². The standard InChI is InChI=1S/C14H19BrN2O3S/c1-21(19,20)16-9-11-5-4-8-17(10-11)14(18)12-6-2-3-7-13(12)15/h2-3,6-7,11,16H,4-5,8-10H2,1H3/t11-/m0/s1. The van der Waals surface area contributed by atoms with E-state index in [0.29, 0.717) is 18.7 Å². The Morgan fingerprint density at radius 2 is 2.14 bits per heavy atom. The molecule has 0 aromatic heterocycles. The average molecular weight is 375 g/mol. The fourth-order valence-electron chi connectivity index (χ4n) is 2.49. The highest BCUT2D eigenvalue weighted by Gasteiger charge is 2.25. The molecule has 1 aromatic rings. The molecule has 1 N–H and O–H groups in total. The topological polar surface area (TPSA) is 66.5 Å². The monoisotopic (exact) mass is 374 g/mol. The summed E-state index contributed by atoms with van der Waals surface area (Å²) in [6, 6.07) is 7.35. The summed E-state index contributed by atoms with van der Waals surface area (Å²) in [5, 5.41) is 0. The zero-order valence-electron chi connectivity index (χ0n) is 11.9. The van der Waals surface area contributed by atoms with Crippen molar-refractivity contribution in [1.29, 1.82) is 0 Å². The Bertz CT molecular complexity index is 618. The quantitative estimate of drug-likeness (QED) is 0.874. The van der Waals surface area contributed by atoms with Gasteiger partial charge in [0.2, 0.25) is 10.0 Å². The van der Waals surface area contributed by atoms with Crippen molar-refractivity contribution in [3.05, 3.63) is 34.3 Å². The summed E-state index contributed by atoms with van der Waals surface area (Å²) in [4.78, 5) is 14.3. The first-order chi connectivity index (χ1) is 9.87. The Morgan fingerprint density at radius 3 is 2.81 bits per heavy atom. The number of carbonyl (C=O) groups excluding carboxylic acids is 1. The number of nitrogens with one attached hydrogen (secondary N) is 1. The molecule has 1 saturated heterocycles. The molecule has 1 aliphatic rings. The third-order valence-electron chi connectivity index (χ3n) is 3.54. The fourth-order valence-corrected chi connectivity index (χ4v) is 3.48. The molecule has 0 aliphatic carbocycles. The van der Waals surface area contributed by atoms with Crippen molar-refractivity contribution in [1.82, 2.24) is 9.62 Å². The highest BCUT2D eigenvalue weighted by molar-refractivity contribution is 9.10. The van der Waals surface area contributed by atoms with Crippen LogP contribution in [0.5, 0.6) is 0 Å². The number of carbonyl (C=O) groups is 1. The van der Waals surface area contributed by atoms with E-state index in [9.17, 15) is 13.2 Å². The molecule has 0 radical (unpaired) electrons. The van der Waals surface area contributed by atoms with E-state index < -0.39 is 10.0 Å². The van der Waals surface area contributed by atoms with Gasteiger partial charge in [0.1, 0.15) is 0 Å². The summed E-state index contributed by atoms with van der Waals surface area (Å²) in [5.74, 6) is 0.159. The third-order valence-corrected chi connectivity index (χ3v) is 4.93. The Morgan fingerprint density at radius 1 is 1.43 bits per heavy atom. The van der Waals surface area contributed by atoms with Crippen LogP contribution in [0, 0.1) is 5.92 Å². The van der Waals surface area contributed by atoms with E-state index in [1.54, 1.807) is 11.0 Å². The molecule has 1 aliphatic heterocycles. The highest BCUT2D eigenvalue weighted by atomic mass is 79.9. The number of likely N-dealkylation sites (tertiary alicyclic amines) is 1. The Kier molecular flexibility index (Phi) is 5.40. The molecule has 1 atom stereocenters. The molecule has 5 nitrogen and oxygen atoms in total. The summed E-state index contributed by atoms with van der Waals surface area (Å²) >= 11 is 3.40. The van der Waals surface area contributed by atoms with Gasteiger partial charge in [0.15, 0.2) is 0 Å². The van der Waals surface area contributed by atoms with Crippen LogP contribution in [0.1, 0.15) is 23.2 Å². The van der Waals surface area contributed by atoms with E-state index in [1.807, 2.05) is 18.2 Å². The number of rotatable bonds is 4. The third kappa shape index (κ3) is 4.79. The molecule has 0 unspecified atom stereocenters. The van der Waals surface area contributed by atoms with Crippen LogP contribution in [0.25, 0.3) is 0 Å². The van der Waals surface area contributed by atoms with Crippen LogP contribution in [0.3, 0.4) is 0 Å². The van der Waals surface area contributed by atoms with Gasteiger partial charge in [-0.25, -0.2) is 13.1 Å². The number of hydrogen-bond acceptors (Lipinski definition) is 3. The highest BCUT2D eigenvalue weighted by Crippen LogP contribution is 2.22. The molecule has 7 heteroatoms.